The van der Waals surface area contributed by atoms with Crippen LogP contribution in [0.2, 0.25) is 10.0 Å². The Bertz CT molecular complexity index is 2170. The molecule has 15 heteroatoms. The molecule has 292 valence electrons. The molecule has 0 saturated carbocycles. The highest BCUT2D eigenvalue weighted by Gasteiger charge is 2.37. The molecule has 3 aliphatic rings. The minimum Gasteiger partial charge on any atom is -0.619 e. The lowest BCUT2D eigenvalue weighted by Gasteiger charge is -2.43. The predicted octanol–water partition coefficient (Wildman–Crippen LogP) is 7.19. The number of amides is 1. The number of benzene rings is 3. The molecule has 13 nitrogen and oxygen atoms in total. The van der Waals surface area contributed by atoms with E-state index in [1.165, 1.54) is 26.6 Å². The Morgan fingerprint density at radius 3 is 2.34 bits per heavy atom. The number of carboxylic acid groups (broad SMARTS) is 1. The molecule has 2 bridgehead atoms. The second-order valence-electron chi connectivity index (χ2n) is 13.7. The van der Waals surface area contributed by atoms with Crippen molar-refractivity contribution in [1.82, 2.24) is 15.2 Å². The molecule has 5 aromatic rings. The molecule has 0 aliphatic carbocycles. The third-order valence-electron chi connectivity index (χ3n) is 10.3. The number of halogens is 2. The van der Waals surface area contributed by atoms with Crippen LogP contribution < -0.4 is 24.3 Å². The van der Waals surface area contributed by atoms with Gasteiger partial charge in [0.15, 0.2) is 36.2 Å². The van der Waals surface area contributed by atoms with Gasteiger partial charge < -0.3 is 39.0 Å². The second kappa shape index (κ2) is 17.1. The normalized spacial score (nSPS) is 18.5. The Kier molecular flexibility index (Phi) is 11.8. The van der Waals surface area contributed by atoms with E-state index in [0.717, 1.165) is 43.6 Å². The first kappa shape index (κ1) is 38.8. The van der Waals surface area contributed by atoms with Crippen LogP contribution in [-0.2, 0) is 17.8 Å². The van der Waals surface area contributed by atoms with Gasteiger partial charge in [0.25, 0.3) is 0 Å². The van der Waals surface area contributed by atoms with Gasteiger partial charge in [-0.2, -0.15) is 4.73 Å². The van der Waals surface area contributed by atoms with Crippen molar-refractivity contribution < 1.29 is 42.8 Å². The highest BCUT2D eigenvalue weighted by molar-refractivity contribution is 6.35. The Labute approximate surface area is 333 Å². The van der Waals surface area contributed by atoms with E-state index >= 15 is 0 Å². The summed E-state index contributed by atoms with van der Waals surface area (Å²) in [5, 5.41) is 25.6. The number of hydrogen-bond donors (Lipinski definition) is 2. The van der Waals surface area contributed by atoms with Crippen molar-refractivity contribution in [2.75, 3.05) is 33.9 Å². The molecule has 3 aromatic carbocycles. The number of pyridine rings is 1. The lowest BCUT2D eigenvalue weighted by molar-refractivity contribution is -0.605. The summed E-state index contributed by atoms with van der Waals surface area (Å²) in [4.78, 5) is 32.6. The number of methoxy groups -OCH3 is 2. The highest BCUT2D eigenvalue weighted by atomic mass is 35.5. The number of alkyl carbamates (subject to hydrolysis) is 1. The van der Waals surface area contributed by atoms with Gasteiger partial charge in [-0.05, 0) is 79.2 Å². The van der Waals surface area contributed by atoms with Crippen molar-refractivity contribution in [2.45, 2.75) is 43.9 Å². The smallest absolute Gasteiger partial charge is 0.408 e. The number of aromatic carboxylic acids is 1. The zero-order valence-electron chi connectivity index (χ0n) is 30.7. The molecule has 8 rings (SSSR count). The fourth-order valence-electron chi connectivity index (χ4n) is 7.46. The zero-order valence-corrected chi connectivity index (χ0v) is 32.2. The molecule has 3 saturated heterocycles. The van der Waals surface area contributed by atoms with E-state index in [9.17, 15) is 19.9 Å². The summed E-state index contributed by atoms with van der Waals surface area (Å²) >= 11 is 13.0. The average Bonchev–Trinajstić information content (AvgIpc) is 3.64. The van der Waals surface area contributed by atoms with Gasteiger partial charge in [0.1, 0.15) is 27.7 Å². The number of nitrogens with zero attached hydrogens (tertiary/aromatic N) is 3. The average molecular weight is 804 g/mol. The predicted molar refractivity (Wildman–Crippen MR) is 206 cm³/mol. The number of fused-ring (bicyclic) bond motifs is 3. The number of carbonyl (C=O) groups excluding carboxylic acids is 1. The van der Waals surface area contributed by atoms with Crippen LogP contribution in [0.5, 0.6) is 17.2 Å². The van der Waals surface area contributed by atoms with Gasteiger partial charge in [-0.15, -0.1) is 0 Å². The first-order chi connectivity index (χ1) is 27.1. The fourth-order valence-corrected chi connectivity index (χ4v) is 8.06. The Morgan fingerprint density at radius 2 is 1.68 bits per heavy atom. The minimum atomic E-state index is -1.33. The molecular formula is C41H40Cl2N4O9. The quantitative estimate of drug-likeness (QED) is 0.0864. The topological polar surface area (TPSA) is 160 Å². The summed E-state index contributed by atoms with van der Waals surface area (Å²) in [6.07, 6.45) is 3.78. The number of hydrogen-bond acceptors (Lipinski definition) is 10. The van der Waals surface area contributed by atoms with Gasteiger partial charge in [-0.3, -0.25) is 4.90 Å². The van der Waals surface area contributed by atoms with Gasteiger partial charge in [0.05, 0.1) is 20.3 Å². The Morgan fingerprint density at radius 1 is 0.964 bits per heavy atom. The van der Waals surface area contributed by atoms with Crippen LogP contribution in [0.3, 0.4) is 0 Å². The van der Waals surface area contributed by atoms with Crippen LogP contribution in [-0.4, -0.2) is 67.0 Å². The summed E-state index contributed by atoms with van der Waals surface area (Å²) in [5.41, 5.74) is 2.23. The van der Waals surface area contributed by atoms with Gasteiger partial charge in [-0.25, -0.2) is 14.6 Å². The molecule has 0 unspecified atom stereocenters. The summed E-state index contributed by atoms with van der Waals surface area (Å²) < 4.78 is 29.7. The lowest BCUT2D eigenvalue weighted by Crippen LogP contribution is -2.52. The van der Waals surface area contributed by atoms with Crippen molar-refractivity contribution in [1.29, 1.82) is 0 Å². The van der Waals surface area contributed by atoms with Crippen molar-refractivity contribution in [2.24, 2.45) is 5.92 Å². The monoisotopic (exact) mass is 802 g/mol. The van der Waals surface area contributed by atoms with E-state index < -0.39 is 24.0 Å². The third-order valence-corrected chi connectivity index (χ3v) is 10.9. The van der Waals surface area contributed by atoms with Crippen molar-refractivity contribution in [3.05, 3.63) is 140 Å². The van der Waals surface area contributed by atoms with E-state index in [-0.39, 0.29) is 46.5 Å². The molecular weight excluding hydrogens is 763 g/mol. The maximum Gasteiger partial charge on any atom is 0.408 e. The minimum absolute atomic E-state index is 0.00484. The molecule has 3 atom stereocenters. The molecule has 1 amide bonds. The van der Waals surface area contributed by atoms with E-state index in [0.29, 0.717) is 39.0 Å². The first-order valence-electron chi connectivity index (χ1n) is 18.1. The van der Waals surface area contributed by atoms with Crippen molar-refractivity contribution >= 4 is 35.3 Å². The molecule has 2 aromatic heterocycles. The van der Waals surface area contributed by atoms with E-state index in [4.69, 9.17) is 46.6 Å². The second-order valence-corrected chi connectivity index (χ2v) is 14.5. The number of nitrogens with one attached hydrogen (secondary N) is 1. The molecule has 56 heavy (non-hydrogen) atoms. The third kappa shape index (κ3) is 8.65. The number of ether oxygens (including phenoxy) is 4. The largest absolute Gasteiger partial charge is 0.619 e. The summed E-state index contributed by atoms with van der Waals surface area (Å²) in [6.45, 7) is 2.60. The maximum atomic E-state index is 13.3. The van der Waals surface area contributed by atoms with Crippen molar-refractivity contribution in [3.63, 3.8) is 0 Å². The van der Waals surface area contributed by atoms with Gasteiger partial charge in [-0.1, -0.05) is 71.7 Å². The van der Waals surface area contributed by atoms with E-state index in [2.05, 4.69) is 15.2 Å². The maximum absolute atomic E-state index is 13.3. The lowest BCUT2D eigenvalue weighted by atomic mass is 9.86. The Hall–Kier alpha value is -5.50. The number of piperidine rings is 3. The van der Waals surface area contributed by atoms with Gasteiger partial charge in [0.2, 0.25) is 5.89 Å². The van der Waals surface area contributed by atoms with Crippen molar-refractivity contribution in [3.8, 4) is 17.2 Å². The van der Waals surface area contributed by atoms with Gasteiger partial charge >= 0.3 is 12.1 Å². The zero-order chi connectivity index (χ0) is 39.3. The van der Waals surface area contributed by atoms with E-state index in [1.807, 2.05) is 36.4 Å². The first-order valence-corrected chi connectivity index (χ1v) is 18.8. The van der Waals surface area contributed by atoms with Crippen LogP contribution in [0.1, 0.15) is 69.2 Å². The van der Waals surface area contributed by atoms with Crippen LogP contribution in [0.15, 0.2) is 89.6 Å². The van der Waals surface area contributed by atoms with Crippen LogP contribution in [0, 0.1) is 11.1 Å². The molecule has 2 N–H and O–H groups in total. The van der Waals surface area contributed by atoms with Crippen LogP contribution >= 0.6 is 23.2 Å². The number of carbonyl (C=O) groups is 2. The highest BCUT2D eigenvalue weighted by Crippen LogP contribution is 2.39. The summed E-state index contributed by atoms with van der Waals surface area (Å²) in [6, 6.07) is 21.4. The number of aromatic nitrogens is 2. The van der Waals surface area contributed by atoms with Crippen LogP contribution in [0.25, 0.3) is 0 Å². The molecule has 5 heterocycles. The Balaban J connectivity index is 1.15. The summed E-state index contributed by atoms with van der Waals surface area (Å²) in [7, 11) is 2.99. The standard InChI is InChI=1S/C41H40Cl2N4O9/c1-52-33-12-11-26(18-34(33)53-2)29(19-30-31(42)20-47(51)21-32(30)43)39-38(40(48)49)44-36(56-39)23-54-28-10-6-9-27(17-28)37(25-7-4-3-5-8-25)45-41(50)55-35-22-46-15-13-24(35)14-16-46/h3-12,17-18,20-21,24,29,35,37H,13-16,19,22-23H2,1-2H3,(H,45,50)(H,48,49)/t29-,35-,37-/m0/s1. The fraction of sp³-hybridized carbons (Fsp3) is 0.317. The van der Waals surface area contributed by atoms with Gasteiger partial charge in [0, 0.05) is 18.0 Å². The SMILES string of the molecule is COc1ccc([C@H](Cc2c(Cl)c[n+]([O-])cc2Cl)c2oc(COc3cccc([C@@H](NC(=O)O[C@H]4CN5CCC4CC5)c4ccccc4)c3)nc2C(=O)O)cc1OC. The van der Waals surface area contributed by atoms with Crippen LogP contribution in [0.4, 0.5) is 4.79 Å². The molecule has 3 aliphatic heterocycles. The molecule has 0 spiro atoms. The number of carboxylic acids is 1. The van der Waals surface area contributed by atoms with E-state index in [1.54, 1.807) is 36.4 Å². The number of rotatable bonds is 14. The molecule has 3 fully saturated rings. The molecule has 0 radical (unpaired) electrons. The summed E-state index contributed by atoms with van der Waals surface area (Å²) in [5.74, 6) is -0.474. The number of oxazole rings is 1.